The second-order valence-corrected chi connectivity index (χ2v) is 6.01. The molecule has 26 heavy (non-hydrogen) atoms. The molecule has 4 nitrogen and oxygen atoms in total. The largest absolute Gasteiger partial charge is 0.465 e. The molecule has 8 heteroatoms. The van der Waals surface area contributed by atoms with E-state index in [1.54, 1.807) is 0 Å². The van der Waals surface area contributed by atoms with Crippen molar-refractivity contribution in [3.05, 3.63) is 47.0 Å². The number of ether oxygens (including phenoxy) is 2. The Morgan fingerprint density at radius 1 is 1.08 bits per heavy atom. The van der Waals surface area contributed by atoms with Gasteiger partial charge in [-0.15, -0.1) is 0 Å². The van der Waals surface area contributed by atoms with E-state index < -0.39 is 29.4 Å². The predicted molar refractivity (Wildman–Crippen MR) is 90.8 cm³/mol. The molecule has 1 aromatic carbocycles. The summed E-state index contributed by atoms with van der Waals surface area (Å²) in [5.74, 6) is -3.20. The molecule has 0 aromatic heterocycles. The SMILES string of the molecule is CCOC(=O)C(C)(C(=O)OCC)[C@@H](/C=C/C(F)(F)F)c1ccc(Cl)cc1. The zero-order valence-corrected chi connectivity index (χ0v) is 15.4. The number of carbonyl (C=O) groups is 2. The van der Waals surface area contributed by atoms with Crippen molar-refractivity contribution in [2.24, 2.45) is 5.41 Å². The lowest BCUT2D eigenvalue weighted by Gasteiger charge is -2.32. The van der Waals surface area contributed by atoms with Crippen molar-refractivity contribution < 1.29 is 32.2 Å². The van der Waals surface area contributed by atoms with E-state index in [9.17, 15) is 22.8 Å². The minimum Gasteiger partial charge on any atom is -0.465 e. The van der Waals surface area contributed by atoms with Gasteiger partial charge in [0.1, 0.15) is 0 Å². The van der Waals surface area contributed by atoms with E-state index in [0.717, 1.165) is 6.08 Å². The van der Waals surface area contributed by atoms with E-state index in [-0.39, 0.29) is 19.3 Å². The van der Waals surface area contributed by atoms with Crippen LogP contribution in [0.2, 0.25) is 5.02 Å². The Hall–Kier alpha value is -2.02. The normalized spacial score (nSPS) is 13.5. The Labute approximate surface area is 154 Å². The molecule has 0 aliphatic rings. The molecule has 0 bridgehead atoms. The van der Waals surface area contributed by atoms with Gasteiger partial charge in [0.2, 0.25) is 0 Å². The number of hydrogen-bond acceptors (Lipinski definition) is 4. The highest BCUT2D eigenvalue weighted by Crippen LogP contribution is 2.41. The molecule has 0 heterocycles. The maximum Gasteiger partial charge on any atom is 0.409 e. The summed E-state index contributed by atoms with van der Waals surface area (Å²) in [5.41, 5.74) is -1.71. The highest BCUT2D eigenvalue weighted by molar-refractivity contribution is 6.30. The van der Waals surface area contributed by atoms with Gasteiger partial charge in [-0.25, -0.2) is 0 Å². The van der Waals surface area contributed by atoms with Crippen LogP contribution in [0.25, 0.3) is 0 Å². The Bertz CT molecular complexity index is 635. The average molecular weight is 393 g/mol. The monoisotopic (exact) mass is 392 g/mol. The van der Waals surface area contributed by atoms with Crippen molar-refractivity contribution in [3.8, 4) is 0 Å². The van der Waals surface area contributed by atoms with Crippen molar-refractivity contribution in [2.45, 2.75) is 32.9 Å². The van der Waals surface area contributed by atoms with E-state index in [0.29, 0.717) is 10.6 Å². The lowest BCUT2D eigenvalue weighted by atomic mass is 9.73. The van der Waals surface area contributed by atoms with Gasteiger partial charge in [-0.05, 0) is 38.5 Å². The topological polar surface area (TPSA) is 52.6 Å². The lowest BCUT2D eigenvalue weighted by molar-refractivity contribution is -0.171. The number of rotatable bonds is 7. The first-order valence-electron chi connectivity index (χ1n) is 7.92. The Morgan fingerprint density at radius 3 is 1.92 bits per heavy atom. The van der Waals surface area contributed by atoms with E-state index in [1.165, 1.54) is 45.0 Å². The molecule has 0 N–H and O–H groups in total. The summed E-state index contributed by atoms with van der Waals surface area (Å²) >= 11 is 5.82. The van der Waals surface area contributed by atoms with Crippen LogP contribution in [-0.2, 0) is 19.1 Å². The predicted octanol–water partition coefficient (Wildman–Crippen LogP) is 4.67. The third-order valence-electron chi connectivity index (χ3n) is 3.73. The van der Waals surface area contributed by atoms with Crippen molar-refractivity contribution in [1.29, 1.82) is 0 Å². The lowest BCUT2D eigenvalue weighted by Crippen LogP contribution is -2.44. The first-order chi connectivity index (χ1) is 12.1. The smallest absolute Gasteiger partial charge is 0.409 e. The van der Waals surface area contributed by atoms with Gasteiger partial charge in [-0.3, -0.25) is 9.59 Å². The fourth-order valence-corrected chi connectivity index (χ4v) is 2.54. The number of allylic oxidation sites excluding steroid dienone is 2. The quantitative estimate of drug-likeness (QED) is 0.384. The van der Waals surface area contributed by atoms with Crippen LogP contribution >= 0.6 is 11.6 Å². The second-order valence-electron chi connectivity index (χ2n) is 5.57. The van der Waals surface area contributed by atoms with Crippen molar-refractivity contribution >= 4 is 23.5 Å². The fraction of sp³-hybridized carbons (Fsp3) is 0.444. The Morgan fingerprint density at radius 2 is 1.54 bits per heavy atom. The summed E-state index contributed by atoms with van der Waals surface area (Å²) in [6, 6.07) is 5.82. The molecule has 0 saturated carbocycles. The molecule has 0 saturated heterocycles. The Balaban J connectivity index is 3.54. The summed E-state index contributed by atoms with van der Waals surface area (Å²) in [6.45, 7) is 4.20. The molecule has 0 radical (unpaired) electrons. The molecule has 0 aliphatic carbocycles. The summed E-state index contributed by atoms with van der Waals surface area (Å²) in [6.07, 6.45) is -3.87. The van der Waals surface area contributed by atoms with Gasteiger partial charge in [0.15, 0.2) is 5.41 Å². The van der Waals surface area contributed by atoms with E-state index in [2.05, 4.69) is 0 Å². The molecule has 1 aromatic rings. The number of esters is 2. The number of benzene rings is 1. The van der Waals surface area contributed by atoms with Gasteiger partial charge < -0.3 is 9.47 Å². The molecular weight excluding hydrogens is 373 g/mol. The van der Waals surface area contributed by atoms with Crippen LogP contribution in [0.3, 0.4) is 0 Å². The average Bonchev–Trinajstić information content (AvgIpc) is 2.55. The summed E-state index contributed by atoms with van der Waals surface area (Å²) in [5, 5.41) is 0.362. The number of halogens is 4. The highest BCUT2D eigenvalue weighted by atomic mass is 35.5. The van der Waals surface area contributed by atoms with Crippen molar-refractivity contribution in [2.75, 3.05) is 13.2 Å². The second kappa shape index (κ2) is 9.07. The van der Waals surface area contributed by atoms with Gasteiger partial charge in [0.05, 0.1) is 13.2 Å². The summed E-state index contributed by atoms with van der Waals surface area (Å²) in [4.78, 5) is 25.0. The molecule has 1 rings (SSSR count). The van der Waals surface area contributed by atoms with Crippen LogP contribution in [0.15, 0.2) is 36.4 Å². The van der Waals surface area contributed by atoms with E-state index in [1.807, 2.05) is 0 Å². The third kappa shape index (κ3) is 5.49. The zero-order valence-electron chi connectivity index (χ0n) is 14.6. The van der Waals surface area contributed by atoms with Crippen LogP contribution in [0.1, 0.15) is 32.3 Å². The maximum absolute atomic E-state index is 12.7. The first kappa shape index (κ1) is 22.0. The molecule has 0 spiro atoms. The van der Waals surface area contributed by atoms with Crippen LogP contribution < -0.4 is 0 Å². The van der Waals surface area contributed by atoms with Gasteiger partial charge in [-0.1, -0.05) is 29.8 Å². The van der Waals surface area contributed by atoms with Crippen molar-refractivity contribution in [1.82, 2.24) is 0 Å². The molecule has 0 amide bonds. The van der Waals surface area contributed by atoms with Crippen LogP contribution in [0.4, 0.5) is 13.2 Å². The third-order valence-corrected chi connectivity index (χ3v) is 3.98. The first-order valence-corrected chi connectivity index (χ1v) is 8.30. The molecular formula is C18H20ClF3O4. The van der Waals surface area contributed by atoms with E-state index >= 15 is 0 Å². The number of carbonyl (C=O) groups excluding carboxylic acids is 2. The van der Waals surface area contributed by atoms with E-state index in [4.69, 9.17) is 21.1 Å². The highest BCUT2D eigenvalue weighted by Gasteiger charge is 2.51. The summed E-state index contributed by atoms with van der Waals surface area (Å²) in [7, 11) is 0. The van der Waals surface area contributed by atoms with Crippen molar-refractivity contribution in [3.63, 3.8) is 0 Å². The van der Waals surface area contributed by atoms with Crippen LogP contribution in [0.5, 0.6) is 0 Å². The van der Waals surface area contributed by atoms with Gasteiger partial charge in [-0.2, -0.15) is 13.2 Å². The van der Waals surface area contributed by atoms with Gasteiger partial charge >= 0.3 is 18.1 Å². The fourth-order valence-electron chi connectivity index (χ4n) is 2.41. The summed E-state index contributed by atoms with van der Waals surface area (Å²) < 4.78 is 48.1. The van der Waals surface area contributed by atoms with Crippen LogP contribution in [0, 0.1) is 5.41 Å². The Kier molecular flexibility index (Phi) is 7.68. The standard InChI is InChI=1S/C18H20ClF3O4/c1-4-25-15(23)17(3,16(24)26-5-2)14(10-11-18(20,21)22)12-6-8-13(19)9-7-12/h6-11,14H,4-5H2,1-3H3/b11-10+/t14-/m0/s1. The number of hydrogen-bond donors (Lipinski definition) is 0. The molecule has 0 fully saturated rings. The zero-order chi connectivity index (χ0) is 20.0. The molecule has 0 aliphatic heterocycles. The molecule has 0 unspecified atom stereocenters. The number of alkyl halides is 3. The minimum absolute atomic E-state index is 0.0109. The van der Waals surface area contributed by atoms with Gasteiger partial charge in [0.25, 0.3) is 0 Å². The maximum atomic E-state index is 12.7. The molecule has 144 valence electrons. The minimum atomic E-state index is -4.62. The van der Waals surface area contributed by atoms with Crippen LogP contribution in [-0.4, -0.2) is 31.3 Å². The molecule has 1 atom stereocenters. The van der Waals surface area contributed by atoms with Gasteiger partial charge in [0, 0.05) is 17.0 Å².